The van der Waals surface area contributed by atoms with Crippen LogP contribution in [0.5, 0.6) is 11.5 Å². The maximum absolute atomic E-state index is 13.2. The van der Waals surface area contributed by atoms with Gasteiger partial charge in [0.2, 0.25) is 0 Å². The molecule has 1 aliphatic heterocycles. The van der Waals surface area contributed by atoms with Crippen molar-refractivity contribution in [1.82, 2.24) is 0 Å². The van der Waals surface area contributed by atoms with Gasteiger partial charge in [0.15, 0.2) is 11.5 Å². The molecule has 2 aromatic rings. The summed E-state index contributed by atoms with van der Waals surface area (Å²) in [5.41, 5.74) is 1.67. The number of imide groups is 1. The fraction of sp³-hybridized carbons (Fsp3) is 0.273. The highest BCUT2D eigenvalue weighted by molar-refractivity contribution is 8.04. The molecular weight excluding hydrogens is 374 g/mol. The fourth-order valence-electron chi connectivity index (χ4n) is 3.06. The lowest BCUT2D eigenvalue weighted by atomic mass is 10.1. The Morgan fingerprint density at radius 3 is 2.18 bits per heavy atom. The predicted molar refractivity (Wildman–Crippen MR) is 113 cm³/mol. The van der Waals surface area contributed by atoms with E-state index in [1.807, 2.05) is 51.1 Å². The zero-order valence-electron chi connectivity index (χ0n) is 16.2. The van der Waals surface area contributed by atoms with Gasteiger partial charge >= 0.3 is 0 Å². The Labute approximate surface area is 169 Å². The number of hydrogen-bond donors (Lipinski definition) is 0. The molecule has 146 valence electrons. The molecule has 1 aliphatic rings. The van der Waals surface area contributed by atoms with E-state index >= 15 is 0 Å². The first-order valence-corrected chi connectivity index (χ1v) is 10.3. The molecule has 2 amide bonds. The standard InChI is InChI=1S/C22H23NO4S/c1-4-26-17-13-12-16(14-18(17)27-5-2)23-21(24)19(15-10-8-7-9-11-15)20(22(23)25)28-6-3/h7-14H,4-6H2,1-3H3. The van der Waals surface area contributed by atoms with E-state index in [1.54, 1.807) is 18.2 Å². The van der Waals surface area contributed by atoms with Crippen molar-refractivity contribution in [1.29, 1.82) is 0 Å². The molecule has 0 aromatic heterocycles. The zero-order chi connectivity index (χ0) is 20.1. The molecule has 0 radical (unpaired) electrons. The Morgan fingerprint density at radius 2 is 1.54 bits per heavy atom. The molecule has 0 fully saturated rings. The maximum Gasteiger partial charge on any atom is 0.272 e. The molecule has 0 aliphatic carbocycles. The van der Waals surface area contributed by atoms with Crippen molar-refractivity contribution in [3.05, 3.63) is 59.0 Å². The second kappa shape index (κ2) is 8.97. The minimum Gasteiger partial charge on any atom is -0.490 e. The van der Waals surface area contributed by atoms with Gasteiger partial charge in [-0.3, -0.25) is 9.59 Å². The van der Waals surface area contributed by atoms with E-state index in [-0.39, 0.29) is 11.8 Å². The number of thioether (sulfide) groups is 1. The molecule has 5 nitrogen and oxygen atoms in total. The smallest absolute Gasteiger partial charge is 0.272 e. The van der Waals surface area contributed by atoms with Crippen LogP contribution in [-0.2, 0) is 9.59 Å². The molecule has 28 heavy (non-hydrogen) atoms. The van der Waals surface area contributed by atoms with Crippen LogP contribution >= 0.6 is 11.8 Å². The quantitative estimate of drug-likeness (QED) is 0.613. The summed E-state index contributed by atoms with van der Waals surface area (Å²) in [5, 5.41) is 0. The van der Waals surface area contributed by atoms with Crippen LogP contribution in [-0.4, -0.2) is 30.8 Å². The highest BCUT2D eigenvalue weighted by Crippen LogP contribution is 2.40. The monoisotopic (exact) mass is 397 g/mol. The van der Waals surface area contributed by atoms with Crippen LogP contribution in [0.4, 0.5) is 5.69 Å². The molecule has 2 aromatic carbocycles. The second-order valence-corrected chi connectivity index (χ2v) is 7.22. The Hall–Kier alpha value is -2.73. The van der Waals surface area contributed by atoms with Crippen LogP contribution in [0.2, 0.25) is 0 Å². The van der Waals surface area contributed by atoms with Gasteiger partial charge in [-0.25, -0.2) is 4.90 Å². The van der Waals surface area contributed by atoms with Crippen molar-refractivity contribution < 1.29 is 19.1 Å². The van der Waals surface area contributed by atoms with E-state index in [9.17, 15) is 9.59 Å². The van der Waals surface area contributed by atoms with Crippen molar-refractivity contribution in [2.75, 3.05) is 23.9 Å². The number of carbonyl (C=O) groups excluding carboxylic acids is 2. The SMILES string of the molecule is CCOc1ccc(N2C(=O)C(SCC)=C(c3ccccc3)C2=O)cc1OCC. The Bertz CT molecular complexity index is 908. The summed E-state index contributed by atoms with van der Waals surface area (Å²) < 4.78 is 11.2. The highest BCUT2D eigenvalue weighted by Gasteiger charge is 2.40. The lowest BCUT2D eigenvalue weighted by molar-refractivity contribution is -0.119. The van der Waals surface area contributed by atoms with Gasteiger partial charge in [-0.2, -0.15) is 0 Å². The molecule has 0 bridgehead atoms. The number of benzene rings is 2. The molecule has 0 N–H and O–H groups in total. The molecule has 0 saturated carbocycles. The summed E-state index contributed by atoms with van der Waals surface area (Å²) in [6.07, 6.45) is 0. The summed E-state index contributed by atoms with van der Waals surface area (Å²) in [5.74, 6) is 1.18. The molecule has 0 spiro atoms. The molecule has 0 atom stereocenters. The number of ether oxygens (including phenoxy) is 2. The molecule has 0 saturated heterocycles. The number of anilines is 1. The molecule has 0 unspecified atom stereocenters. The van der Waals surface area contributed by atoms with Gasteiger partial charge in [0.05, 0.1) is 29.4 Å². The number of nitrogens with zero attached hydrogens (tertiary/aromatic N) is 1. The van der Waals surface area contributed by atoms with Crippen molar-refractivity contribution in [3.63, 3.8) is 0 Å². The predicted octanol–water partition coefficient (Wildman–Crippen LogP) is 4.52. The number of carbonyl (C=O) groups is 2. The van der Waals surface area contributed by atoms with Gasteiger partial charge in [0, 0.05) is 6.07 Å². The van der Waals surface area contributed by atoms with Crippen molar-refractivity contribution in [2.24, 2.45) is 0 Å². The van der Waals surface area contributed by atoms with Crippen LogP contribution < -0.4 is 14.4 Å². The van der Waals surface area contributed by atoms with Crippen LogP contribution in [0.3, 0.4) is 0 Å². The third-order valence-corrected chi connectivity index (χ3v) is 5.13. The van der Waals surface area contributed by atoms with Gasteiger partial charge < -0.3 is 9.47 Å². The van der Waals surface area contributed by atoms with Crippen molar-refractivity contribution in [2.45, 2.75) is 20.8 Å². The zero-order valence-corrected chi connectivity index (χ0v) is 17.0. The van der Waals surface area contributed by atoms with Crippen LogP contribution in [0.25, 0.3) is 5.57 Å². The van der Waals surface area contributed by atoms with Crippen LogP contribution in [0, 0.1) is 0 Å². The van der Waals surface area contributed by atoms with Gasteiger partial charge in [-0.15, -0.1) is 11.8 Å². The Kier molecular flexibility index (Phi) is 6.41. The third-order valence-electron chi connectivity index (χ3n) is 4.18. The third kappa shape index (κ3) is 3.78. The topological polar surface area (TPSA) is 55.8 Å². The summed E-state index contributed by atoms with van der Waals surface area (Å²) in [7, 11) is 0. The first-order valence-electron chi connectivity index (χ1n) is 9.33. The summed E-state index contributed by atoms with van der Waals surface area (Å²) in [4.78, 5) is 28.1. The summed E-state index contributed by atoms with van der Waals surface area (Å²) >= 11 is 1.39. The highest BCUT2D eigenvalue weighted by atomic mass is 32.2. The number of rotatable bonds is 8. The molecule has 1 heterocycles. The Morgan fingerprint density at radius 1 is 0.857 bits per heavy atom. The normalized spacial score (nSPS) is 14.0. The number of amides is 2. The van der Waals surface area contributed by atoms with Crippen molar-refractivity contribution >= 4 is 34.8 Å². The van der Waals surface area contributed by atoms with E-state index in [2.05, 4.69) is 0 Å². The lowest BCUT2D eigenvalue weighted by Crippen LogP contribution is -2.31. The largest absolute Gasteiger partial charge is 0.490 e. The molecule has 6 heteroatoms. The first-order chi connectivity index (χ1) is 13.6. The molecular formula is C22H23NO4S. The van der Waals surface area contributed by atoms with Gasteiger partial charge in [-0.05, 0) is 37.3 Å². The average Bonchev–Trinajstić information content (AvgIpc) is 2.94. The van der Waals surface area contributed by atoms with Gasteiger partial charge in [0.1, 0.15) is 0 Å². The maximum atomic E-state index is 13.2. The van der Waals surface area contributed by atoms with E-state index in [0.717, 1.165) is 5.56 Å². The average molecular weight is 397 g/mol. The second-order valence-electron chi connectivity index (χ2n) is 5.95. The van der Waals surface area contributed by atoms with Crippen LogP contribution in [0.15, 0.2) is 53.4 Å². The Balaban J connectivity index is 2.04. The summed E-state index contributed by atoms with van der Waals surface area (Å²) in [6.45, 7) is 6.68. The minimum atomic E-state index is -0.321. The number of hydrogen-bond acceptors (Lipinski definition) is 5. The summed E-state index contributed by atoms with van der Waals surface area (Å²) in [6, 6.07) is 14.4. The van der Waals surface area contributed by atoms with E-state index in [0.29, 0.717) is 46.6 Å². The van der Waals surface area contributed by atoms with E-state index < -0.39 is 0 Å². The minimum absolute atomic E-state index is 0.303. The van der Waals surface area contributed by atoms with E-state index in [4.69, 9.17) is 9.47 Å². The van der Waals surface area contributed by atoms with Crippen molar-refractivity contribution in [3.8, 4) is 11.5 Å². The lowest BCUT2D eigenvalue weighted by Gasteiger charge is -2.18. The van der Waals surface area contributed by atoms with Crippen LogP contribution in [0.1, 0.15) is 26.3 Å². The van der Waals surface area contributed by atoms with E-state index in [1.165, 1.54) is 16.7 Å². The fourth-order valence-corrected chi connectivity index (χ4v) is 3.91. The van der Waals surface area contributed by atoms with Gasteiger partial charge in [0.25, 0.3) is 11.8 Å². The van der Waals surface area contributed by atoms with Gasteiger partial charge in [-0.1, -0.05) is 37.3 Å². The molecule has 3 rings (SSSR count). The first kappa shape index (κ1) is 20.0.